The molecule has 2 aliphatic rings. The van der Waals surface area contributed by atoms with Crippen molar-refractivity contribution in [3.8, 4) is 0 Å². The highest BCUT2D eigenvalue weighted by Gasteiger charge is 2.34. The Hall–Kier alpha value is -0.390. The number of allylic oxidation sites excluding steroid dienone is 1. The largest absolute Gasteiger partial charge is 0.271 e. The van der Waals surface area contributed by atoms with Crippen LogP contribution in [0.2, 0.25) is 0 Å². The standard InChI is InChI=1S/C12H22N2O2S/c13-14-12(10-5-3-1-2-4-6-10)11-7-8-17(15,16)9-11/h5,11-12,14H,1-4,6-9,13H2. The van der Waals surface area contributed by atoms with Gasteiger partial charge in [0, 0.05) is 6.04 Å². The molecule has 2 unspecified atom stereocenters. The number of nitrogens with one attached hydrogen (secondary N) is 1. The van der Waals surface area contributed by atoms with Crippen molar-refractivity contribution in [2.75, 3.05) is 11.5 Å². The molecule has 1 fully saturated rings. The Balaban J connectivity index is 2.08. The molecule has 1 aliphatic heterocycles. The minimum atomic E-state index is -2.82. The number of hydrazine groups is 1. The van der Waals surface area contributed by atoms with Gasteiger partial charge in [-0.25, -0.2) is 8.42 Å². The fraction of sp³-hybridized carbons (Fsp3) is 0.833. The first-order valence-electron chi connectivity index (χ1n) is 6.48. The van der Waals surface area contributed by atoms with Crippen LogP contribution in [0, 0.1) is 5.92 Å². The number of rotatable bonds is 3. The van der Waals surface area contributed by atoms with E-state index in [4.69, 9.17) is 5.84 Å². The van der Waals surface area contributed by atoms with E-state index in [9.17, 15) is 8.42 Å². The maximum Gasteiger partial charge on any atom is 0.150 e. The normalized spacial score (nSPS) is 30.6. The molecule has 0 aromatic rings. The lowest BCUT2D eigenvalue weighted by Gasteiger charge is -2.24. The lowest BCUT2D eigenvalue weighted by molar-refractivity contribution is 0.422. The quantitative estimate of drug-likeness (QED) is 0.452. The number of sulfone groups is 1. The van der Waals surface area contributed by atoms with Gasteiger partial charge in [-0.15, -0.1) is 0 Å². The summed E-state index contributed by atoms with van der Waals surface area (Å²) < 4.78 is 23.0. The van der Waals surface area contributed by atoms with Gasteiger partial charge in [0.2, 0.25) is 0 Å². The summed E-state index contributed by atoms with van der Waals surface area (Å²) in [5.74, 6) is 6.41. The average Bonchev–Trinajstić information content (AvgIpc) is 2.53. The van der Waals surface area contributed by atoms with Gasteiger partial charge in [0.25, 0.3) is 0 Å². The molecule has 98 valence electrons. The van der Waals surface area contributed by atoms with Crippen molar-refractivity contribution in [1.29, 1.82) is 0 Å². The lowest BCUT2D eigenvalue weighted by Crippen LogP contribution is -2.42. The van der Waals surface area contributed by atoms with Crippen LogP contribution < -0.4 is 11.3 Å². The minimum absolute atomic E-state index is 0.0605. The summed E-state index contributed by atoms with van der Waals surface area (Å²) in [6, 6.07) is 0.0605. The molecule has 5 heteroatoms. The lowest BCUT2D eigenvalue weighted by atomic mass is 9.90. The molecule has 0 aromatic carbocycles. The highest BCUT2D eigenvalue weighted by atomic mass is 32.2. The van der Waals surface area contributed by atoms with Crippen molar-refractivity contribution in [3.63, 3.8) is 0 Å². The Bertz CT molecular complexity index is 389. The van der Waals surface area contributed by atoms with E-state index in [1.165, 1.54) is 24.8 Å². The van der Waals surface area contributed by atoms with Crippen LogP contribution in [0.4, 0.5) is 0 Å². The first kappa shape index (κ1) is 13.1. The van der Waals surface area contributed by atoms with Crippen LogP contribution >= 0.6 is 0 Å². The van der Waals surface area contributed by atoms with Gasteiger partial charge in [-0.05, 0) is 38.0 Å². The van der Waals surface area contributed by atoms with Crippen molar-refractivity contribution in [2.45, 2.75) is 44.6 Å². The third-order valence-electron chi connectivity index (χ3n) is 3.89. The molecular formula is C12H22N2O2S. The van der Waals surface area contributed by atoms with Gasteiger partial charge in [0.15, 0.2) is 9.84 Å². The van der Waals surface area contributed by atoms with E-state index >= 15 is 0 Å². The van der Waals surface area contributed by atoms with Crippen LogP contribution in [0.5, 0.6) is 0 Å². The van der Waals surface area contributed by atoms with Crippen LogP contribution in [0.15, 0.2) is 11.6 Å². The maximum atomic E-state index is 11.5. The average molecular weight is 258 g/mol. The second-order valence-corrected chi connectivity index (χ2v) is 7.41. The summed E-state index contributed by atoms with van der Waals surface area (Å²) in [4.78, 5) is 0. The van der Waals surface area contributed by atoms with Crippen LogP contribution in [-0.4, -0.2) is 26.0 Å². The molecule has 0 amide bonds. The summed E-state index contributed by atoms with van der Waals surface area (Å²) in [6.45, 7) is 0. The SMILES string of the molecule is NNC(C1=CCCCCC1)C1CCS(=O)(=O)C1. The van der Waals surface area contributed by atoms with E-state index in [0.717, 1.165) is 19.3 Å². The Morgan fingerprint density at radius 3 is 2.82 bits per heavy atom. The smallest absolute Gasteiger partial charge is 0.150 e. The van der Waals surface area contributed by atoms with Gasteiger partial charge in [-0.3, -0.25) is 11.3 Å². The number of hydrogen-bond donors (Lipinski definition) is 2. The van der Waals surface area contributed by atoms with Gasteiger partial charge in [-0.2, -0.15) is 0 Å². The van der Waals surface area contributed by atoms with Gasteiger partial charge < -0.3 is 0 Å². The van der Waals surface area contributed by atoms with Crippen LogP contribution in [0.3, 0.4) is 0 Å². The molecule has 2 atom stereocenters. The highest BCUT2D eigenvalue weighted by molar-refractivity contribution is 7.91. The van der Waals surface area contributed by atoms with E-state index in [0.29, 0.717) is 11.5 Å². The summed E-state index contributed by atoms with van der Waals surface area (Å²) in [7, 11) is -2.82. The van der Waals surface area contributed by atoms with Gasteiger partial charge in [0.05, 0.1) is 11.5 Å². The van der Waals surface area contributed by atoms with Crippen LogP contribution in [0.1, 0.15) is 38.5 Å². The molecule has 17 heavy (non-hydrogen) atoms. The van der Waals surface area contributed by atoms with E-state index in [2.05, 4.69) is 11.5 Å². The van der Waals surface area contributed by atoms with E-state index in [1.807, 2.05) is 0 Å². The Morgan fingerprint density at radius 2 is 2.18 bits per heavy atom. The summed E-state index contributed by atoms with van der Waals surface area (Å²) in [6.07, 6.45) is 8.88. The molecule has 3 N–H and O–H groups in total. The van der Waals surface area contributed by atoms with Crippen molar-refractivity contribution < 1.29 is 8.42 Å². The number of nitrogens with two attached hydrogens (primary N) is 1. The Kier molecular flexibility index (Phi) is 4.22. The van der Waals surface area contributed by atoms with Crippen molar-refractivity contribution in [3.05, 3.63) is 11.6 Å². The molecule has 0 aromatic heterocycles. The second-order valence-electron chi connectivity index (χ2n) is 5.19. The maximum absolute atomic E-state index is 11.5. The minimum Gasteiger partial charge on any atom is -0.271 e. The fourth-order valence-electron chi connectivity index (χ4n) is 2.95. The predicted octanol–water partition coefficient (Wildman–Crippen LogP) is 1.14. The van der Waals surface area contributed by atoms with Crippen LogP contribution in [-0.2, 0) is 9.84 Å². The van der Waals surface area contributed by atoms with Gasteiger partial charge >= 0.3 is 0 Å². The van der Waals surface area contributed by atoms with Crippen LogP contribution in [0.25, 0.3) is 0 Å². The van der Waals surface area contributed by atoms with Crippen molar-refractivity contribution >= 4 is 9.84 Å². The van der Waals surface area contributed by atoms with E-state index in [-0.39, 0.29) is 12.0 Å². The van der Waals surface area contributed by atoms with Gasteiger partial charge in [-0.1, -0.05) is 18.1 Å². The van der Waals surface area contributed by atoms with Gasteiger partial charge in [0.1, 0.15) is 0 Å². The zero-order chi connectivity index (χ0) is 12.3. The molecule has 1 aliphatic carbocycles. The fourth-order valence-corrected chi connectivity index (χ4v) is 4.79. The monoisotopic (exact) mass is 258 g/mol. The first-order valence-corrected chi connectivity index (χ1v) is 8.30. The first-order chi connectivity index (χ1) is 8.12. The zero-order valence-electron chi connectivity index (χ0n) is 10.2. The molecule has 0 radical (unpaired) electrons. The topological polar surface area (TPSA) is 72.2 Å². The van der Waals surface area contributed by atoms with Crippen molar-refractivity contribution in [2.24, 2.45) is 11.8 Å². The molecule has 0 spiro atoms. The predicted molar refractivity (Wildman–Crippen MR) is 69.0 cm³/mol. The molecule has 0 saturated carbocycles. The third-order valence-corrected chi connectivity index (χ3v) is 5.69. The van der Waals surface area contributed by atoms with E-state index < -0.39 is 9.84 Å². The number of hydrogen-bond acceptors (Lipinski definition) is 4. The molecule has 1 heterocycles. The summed E-state index contributed by atoms with van der Waals surface area (Å²) >= 11 is 0. The third kappa shape index (κ3) is 3.30. The molecule has 4 nitrogen and oxygen atoms in total. The molecule has 1 saturated heterocycles. The summed E-state index contributed by atoms with van der Waals surface area (Å²) in [5.41, 5.74) is 4.17. The van der Waals surface area contributed by atoms with E-state index in [1.54, 1.807) is 0 Å². The molecule has 0 bridgehead atoms. The Labute approximate surface area is 104 Å². The zero-order valence-corrected chi connectivity index (χ0v) is 11.0. The summed E-state index contributed by atoms with van der Waals surface area (Å²) in [5, 5.41) is 0. The molecular weight excluding hydrogens is 236 g/mol. The van der Waals surface area contributed by atoms with Crippen molar-refractivity contribution in [1.82, 2.24) is 5.43 Å². The second kappa shape index (κ2) is 5.50. The highest BCUT2D eigenvalue weighted by Crippen LogP contribution is 2.29. The Morgan fingerprint density at radius 1 is 1.35 bits per heavy atom. The molecule has 2 rings (SSSR count).